The lowest BCUT2D eigenvalue weighted by Crippen LogP contribution is -2.67. The number of unbranched alkanes of at least 4 members (excludes halogenated alkanes) is 1. The maximum atomic E-state index is 6.92. The summed E-state index contributed by atoms with van der Waals surface area (Å²) in [7, 11) is 0. The minimum absolute atomic E-state index is 0.336. The molecular weight excluding hydrogens is 576 g/mol. The Morgan fingerprint density at radius 1 is 0.565 bits per heavy atom. The van der Waals surface area contributed by atoms with Gasteiger partial charge in [0.05, 0.1) is 45.7 Å². The van der Waals surface area contributed by atoms with E-state index in [2.05, 4.69) is 55.5 Å². The first-order valence-electron chi connectivity index (χ1n) is 16.6. The van der Waals surface area contributed by atoms with E-state index in [0.29, 0.717) is 46.1 Å². The van der Waals surface area contributed by atoms with Crippen molar-refractivity contribution >= 4 is 0 Å². The Morgan fingerprint density at radius 3 is 1.52 bits per heavy atom. The molecule has 1 aliphatic heterocycles. The van der Waals surface area contributed by atoms with E-state index in [4.69, 9.17) is 28.4 Å². The van der Waals surface area contributed by atoms with Crippen LogP contribution in [-0.2, 0) is 54.8 Å². The summed E-state index contributed by atoms with van der Waals surface area (Å²) < 4.78 is 40.2. The third kappa shape index (κ3) is 9.82. The minimum Gasteiger partial charge on any atom is -0.377 e. The summed E-state index contributed by atoms with van der Waals surface area (Å²) >= 11 is 0. The molecule has 1 fully saturated rings. The fourth-order valence-corrected chi connectivity index (χ4v) is 5.82. The first-order chi connectivity index (χ1) is 22.7. The molecule has 0 saturated carbocycles. The summed E-state index contributed by atoms with van der Waals surface area (Å²) in [6, 6.07) is 40.8. The lowest BCUT2D eigenvalue weighted by atomic mass is 9.90. The van der Waals surface area contributed by atoms with Gasteiger partial charge in [0.25, 0.3) is 0 Å². The van der Waals surface area contributed by atoms with Crippen LogP contribution in [-0.4, -0.2) is 43.4 Å². The lowest BCUT2D eigenvalue weighted by molar-refractivity contribution is -0.380. The van der Waals surface area contributed by atoms with Gasteiger partial charge in [-0.1, -0.05) is 135 Å². The van der Waals surface area contributed by atoms with Crippen LogP contribution in [0.25, 0.3) is 0 Å². The molecular formula is C40H48O6. The Balaban J connectivity index is 1.44. The zero-order valence-electron chi connectivity index (χ0n) is 27.2. The minimum atomic E-state index is -1.10. The van der Waals surface area contributed by atoms with E-state index in [1.54, 1.807) is 0 Å². The highest BCUT2D eigenvalue weighted by Gasteiger charge is 2.56. The van der Waals surface area contributed by atoms with Crippen LogP contribution in [0, 0.1) is 0 Å². The van der Waals surface area contributed by atoms with Crippen LogP contribution in [0.15, 0.2) is 121 Å². The highest BCUT2D eigenvalue weighted by atomic mass is 16.7. The van der Waals surface area contributed by atoms with Crippen molar-refractivity contribution in [1.82, 2.24) is 0 Å². The molecule has 4 aromatic carbocycles. The molecule has 6 nitrogen and oxygen atoms in total. The Labute approximate surface area is 274 Å². The Hall–Kier alpha value is -3.36. The number of hydrogen-bond donors (Lipinski definition) is 0. The van der Waals surface area contributed by atoms with E-state index in [-0.39, 0.29) is 6.10 Å². The van der Waals surface area contributed by atoms with E-state index < -0.39 is 24.1 Å². The molecule has 244 valence electrons. The van der Waals surface area contributed by atoms with Crippen molar-refractivity contribution in [3.05, 3.63) is 144 Å². The fourth-order valence-electron chi connectivity index (χ4n) is 5.82. The summed E-state index contributed by atoms with van der Waals surface area (Å²) in [6.07, 6.45) is 0.568. The highest BCUT2D eigenvalue weighted by Crippen LogP contribution is 2.40. The molecule has 0 radical (unpaired) electrons. The van der Waals surface area contributed by atoms with Crippen molar-refractivity contribution < 1.29 is 28.4 Å². The van der Waals surface area contributed by atoms with E-state index in [1.165, 1.54) is 0 Å². The molecule has 0 bridgehead atoms. The molecule has 4 aromatic rings. The average Bonchev–Trinajstić information content (AvgIpc) is 3.10. The van der Waals surface area contributed by atoms with Gasteiger partial charge in [-0.25, -0.2) is 0 Å². The van der Waals surface area contributed by atoms with Crippen LogP contribution in [0.2, 0.25) is 0 Å². The van der Waals surface area contributed by atoms with Crippen molar-refractivity contribution in [1.29, 1.82) is 0 Å². The maximum absolute atomic E-state index is 6.92. The zero-order valence-corrected chi connectivity index (χ0v) is 27.2. The van der Waals surface area contributed by atoms with Gasteiger partial charge in [0.15, 0.2) is 5.79 Å². The Morgan fingerprint density at radius 2 is 1.02 bits per heavy atom. The van der Waals surface area contributed by atoms with Gasteiger partial charge in [-0.15, -0.1) is 0 Å². The molecule has 5 rings (SSSR count). The van der Waals surface area contributed by atoms with Gasteiger partial charge in [-0.2, -0.15) is 0 Å². The molecule has 46 heavy (non-hydrogen) atoms. The number of hydrogen-bond acceptors (Lipinski definition) is 6. The molecule has 1 aliphatic rings. The third-order valence-electron chi connectivity index (χ3n) is 8.30. The number of benzene rings is 4. The van der Waals surface area contributed by atoms with E-state index in [1.807, 2.05) is 79.7 Å². The predicted molar refractivity (Wildman–Crippen MR) is 180 cm³/mol. The molecule has 0 aromatic heterocycles. The van der Waals surface area contributed by atoms with E-state index >= 15 is 0 Å². The standard InChI is InChI=1S/C40H48O6/c1-3-4-26-45-40(25-27-41-28-33-17-9-5-10-18-33)39(44-31-36-23-15-8-16-24-36)38(43-30-35-21-13-7-14-22-35)37(32(2)46-40)42-29-34-19-11-6-12-20-34/h5-24,32,37-39H,3-4,25-31H2,1-2H3/t32-,37+,38+,39-,40+/m0/s1. The second-order valence-corrected chi connectivity index (χ2v) is 11.9. The normalized spacial score (nSPS) is 22.9. The number of ether oxygens (including phenoxy) is 6. The molecule has 0 amide bonds. The summed E-state index contributed by atoms with van der Waals surface area (Å²) in [5, 5.41) is 0. The van der Waals surface area contributed by atoms with Crippen molar-refractivity contribution in [2.75, 3.05) is 13.2 Å². The topological polar surface area (TPSA) is 55.4 Å². The molecule has 6 heteroatoms. The Kier molecular flexibility index (Phi) is 13.4. The summed E-state index contributed by atoms with van der Waals surface area (Å²) in [4.78, 5) is 0. The molecule has 1 saturated heterocycles. The average molecular weight is 625 g/mol. The predicted octanol–water partition coefficient (Wildman–Crippen LogP) is 8.28. The van der Waals surface area contributed by atoms with E-state index in [9.17, 15) is 0 Å². The van der Waals surface area contributed by atoms with Gasteiger partial charge in [0, 0.05) is 6.42 Å². The highest BCUT2D eigenvalue weighted by molar-refractivity contribution is 5.16. The molecule has 0 unspecified atom stereocenters. The largest absolute Gasteiger partial charge is 0.377 e. The third-order valence-corrected chi connectivity index (χ3v) is 8.30. The van der Waals surface area contributed by atoms with Crippen LogP contribution in [0.4, 0.5) is 0 Å². The van der Waals surface area contributed by atoms with Gasteiger partial charge < -0.3 is 28.4 Å². The van der Waals surface area contributed by atoms with Crippen molar-refractivity contribution in [3.63, 3.8) is 0 Å². The van der Waals surface area contributed by atoms with Gasteiger partial charge in [0.1, 0.15) is 18.3 Å². The van der Waals surface area contributed by atoms with Crippen LogP contribution in [0.3, 0.4) is 0 Å². The van der Waals surface area contributed by atoms with Gasteiger partial charge >= 0.3 is 0 Å². The van der Waals surface area contributed by atoms with Crippen molar-refractivity contribution in [2.24, 2.45) is 0 Å². The van der Waals surface area contributed by atoms with Crippen LogP contribution in [0.1, 0.15) is 55.4 Å². The lowest BCUT2D eigenvalue weighted by Gasteiger charge is -2.52. The molecule has 0 N–H and O–H groups in total. The summed E-state index contributed by atoms with van der Waals surface area (Å²) in [5.74, 6) is -1.10. The van der Waals surface area contributed by atoms with Gasteiger partial charge in [-0.05, 0) is 35.6 Å². The Bertz CT molecular complexity index is 1370. The maximum Gasteiger partial charge on any atom is 0.200 e. The SMILES string of the molecule is CCCCO[C@]1(CCOCc2ccccc2)O[C@@H](C)[C@@H](OCc2ccccc2)[C@@H](OCc2ccccc2)[C@@H]1OCc1ccccc1. The van der Waals surface area contributed by atoms with Crippen molar-refractivity contribution in [2.45, 2.75) is 89.7 Å². The quantitative estimate of drug-likeness (QED) is 0.104. The monoisotopic (exact) mass is 624 g/mol. The summed E-state index contributed by atoms with van der Waals surface area (Å²) in [5.41, 5.74) is 4.35. The zero-order chi connectivity index (χ0) is 31.9. The first-order valence-corrected chi connectivity index (χ1v) is 16.6. The van der Waals surface area contributed by atoms with E-state index in [0.717, 1.165) is 35.1 Å². The van der Waals surface area contributed by atoms with Gasteiger partial charge in [0.2, 0.25) is 0 Å². The summed E-state index contributed by atoms with van der Waals surface area (Å²) in [6.45, 7) is 6.89. The van der Waals surface area contributed by atoms with Crippen LogP contribution >= 0.6 is 0 Å². The second kappa shape index (κ2) is 18.1. The van der Waals surface area contributed by atoms with Crippen LogP contribution < -0.4 is 0 Å². The van der Waals surface area contributed by atoms with Gasteiger partial charge in [-0.3, -0.25) is 0 Å². The fraction of sp³-hybridized carbons (Fsp3) is 0.400. The number of rotatable bonds is 18. The first kappa shape index (κ1) is 34.0. The smallest absolute Gasteiger partial charge is 0.200 e. The molecule has 0 spiro atoms. The molecule has 5 atom stereocenters. The molecule has 0 aliphatic carbocycles. The van der Waals surface area contributed by atoms with Crippen LogP contribution in [0.5, 0.6) is 0 Å². The van der Waals surface area contributed by atoms with Crippen molar-refractivity contribution in [3.8, 4) is 0 Å². The second-order valence-electron chi connectivity index (χ2n) is 11.9. The molecule has 1 heterocycles.